The number of Topliss-reactive ketones (excluding diaryl/α,β-unsaturated/α-hetero) is 1. The molecular weight excluding hydrogens is 254 g/mol. The molecule has 1 unspecified atom stereocenters. The van der Waals surface area contributed by atoms with E-state index in [-0.39, 0.29) is 10.6 Å². The molecular formula is C12H16BrNO. The summed E-state index contributed by atoms with van der Waals surface area (Å²) in [5.41, 5.74) is 2.25. The molecule has 0 saturated carbocycles. The first kappa shape index (κ1) is 12.4. The summed E-state index contributed by atoms with van der Waals surface area (Å²) < 4.78 is 0. The zero-order chi connectivity index (χ0) is 11.3. The third-order valence-electron chi connectivity index (χ3n) is 2.19. The molecule has 0 aromatic carbocycles. The maximum atomic E-state index is 11.6. The lowest BCUT2D eigenvalue weighted by Gasteiger charge is -2.08. The van der Waals surface area contributed by atoms with Crippen LogP contribution in [0.1, 0.15) is 30.9 Å². The fraction of sp³-hybridized carbons (Fsp3) is 0.500. The second-order valence-corrected chi connectivity index (χ2v) is 4.86. The second kappa shape index (κ2) is 6.01. The maximum absolute atomic E-state index is 11.6. The Morgan fingerprint density at radius 3 is 2.87 bits per heavy atom. The predicted molar refractivity (Wildman–Crippen MR) is 65.3 cm³/mol. The number of halogens is 1. The van der Waals surface area contributed by atoms with Gasteiger partial charge < -0.3 is 0 Å². The van der Waals surface area contributed by atoms with Gasteiger partial charge in [0.05, 0.1) is 4.83 Å². The van der Waals surface area contributed by atoms with E-state index in [1.807, 2.05) is 26.2 Å². The first-order valence-corrected chi connectivity index (χ1v) is 6.12. The Morgan fingerprint density at radius 2 is 2.27 bits per heavy atom. The summed E-state index contributed by atoms with van der Waals surface area (Å²) in [6.07, 6.45) is 5.93. The Morgan fingerprint density at radius 1 is 1.53 bits per heavy atom. The van der Waals surface area contributed by atoms with Crippen LogP contribution in [-0.2, 0) is 11.2 Å². The molecule has 0 aliphatic heterocycles. The highest BCUT2D eigenvalue weighted by molar-refractivity contribution is 9.10. The van der Waals surface area contributed by atoms with Crippen LogP contribution in [-0.4, -0.2) is 15.6 Å². The van der Waals surface area contributed by atoms with E-state index in [0.717, 1.165) is 24.0 Å². The Bertz CT molecular complexity index is 338. The molecule has 15 heavy (non-hydrogen) atoms. The molecule has 1 atom stereocenters. The third kappa shape index (κ3) is 4.12. The van der Waals surface area contributed by atoms with Gasteiger partial charge in [0.25, 0.3) is 0 Å². The Kier molecular flexibility index (Phi) is 4.95. The number of carbonyl (C=O) groups is 1. The number of carbonyl (C=O) groups excluding carboxylic acids is 1. The minimum absolute atomic E-state index is 0.0685. The van der Waals surface area contributed by atoms with E-state index in [1.165, 1.54) is 0 Å². The first-order chi connectivity index (χ1) is 7.13. The highest BCUT2D eigenvalue weighted by atomic mass is 79.9. The highest BCUT2D eigenvalue weighted by Crippen LogP contribution is 2.13. The van der Waals surface area contributed by atoms with E-state index in [9.17, 15) is 4.79 Å². The topological polar surface area (TPSA) is 30.0 Å². The molecule has 1 aromatic rings. The number of ketones is 1. The molecule has 0 amide bonds. The minimum atomic E-state index is -0.0685. The molecule has 1 heterocycles. The third-order valence-corrected chi connectivity index (χ3v) is 3.03. The van der Waals surface area contributed by atoms with Crippen molar-refractivity contribution in [1.29, 1.82) is 0 Å². The molecule has 0 aliphatic rings. The quantitative estimate of drug-likeness (QED) is 0.770. The number of alkyl halides is 1. The number of pyridine rings is 1. The minimum Gasteiger partial charge on any atom is -0.298 e. The molecule has 0 spiro atoms. The summed E-state index contributed by atoms with van der Waals surface area (Å²) in [7, 11) is 0. The number of rotatable bonds is 5. The monoisotopic (exact) mass is 269 g/mol. The molecule has 0 aliphatic carbocycles. The molecule has 2 nitrogen and oxygen atoms in total. The van der Waals surface area contributed by atoms with Crippen LogP contribution in [0.15, 0.2) is 18.5 Å². The summed E-state index contributed by atoms with van der Waals surface area (Å²) in [4.78, 5) is 15.6. The van der Waals surface area contributed by atoms with Crippen molar-refractivity contribution in [3.05, 3.63) is 29.6 Å². The number of hydrogen-bond donors (Lipinski definition) is 0. The van der Waals surface area contributed by atoms with Crippen molar-refractivity contribution in [2.75, 3.05) is 0 Å². The van der Waals surface area contributed by atoms with Crippen LogP contribution in [0.2, 0.25) is 0 Å². The van der Waals surface area contributed by atoms with Crippen molar-refractivity contribution in [2.45, 2.75) is 37.9 Å². The summed E-state index contributed by atoms with van der Waals surface area (Å²) in [5.74, 6) is 0.277. The number of nitrogens with zero attached hydrogens (tertiary/aromatic N) is 1. The van der Waals surface area contributed by atoms with Crippen LogP contribution in [0, 0.1) is 6.92 Å². The molecule has 0 N–H and O–H groups in total. The summed E-state index contributed by atoms with van der Waals surface area (Å²) in [5, 5.41) is 0. The fourth-order valence-corrected chi connectivity index (χ4v) is 2.06. The molecule has 0 fully saturated rings. The van der Waals surface area contributed by atoms with Crippen molar-refractivity contribution in [2.24, 2.45) is 0 Å². The molecule has 82 valence electrons. The molecule has 3 heteroatoms. The summed E-state index contributed by atoms with van der Waals surface area (Å²) >= 11 is 3.43. The van der Waals surface area contributed by atoms with Gasteiger partial charge in [-0.3, -0.25) is 9.78 Å². The van der Waals surface area contributed by atoms with Crippen LogP contribution in [0.3, 0.4) is 0 Å². The van der Waals surface area contributed by atoms with E-state index in [0.29, 0.717) is 6.42 Å². The average Bonchev–Trinajstić information content (AvgIpc) is 2.18. The van der Waals surface area contributed by atoms with Crippen molar-refractivity contribution in [1.82, 2.24) is 4.98 Å². The largest absolute Gasteiger partial charge is 0.298 e. The predicted octanol–water partition coefficient (Wildman–Crippen LogP) is 3.07. The zero-order valence-corrected chi connectivity index (χ0v) is 10.8. The van der Waals surface area contributed by atoms with Gasteiger partial charge >= 0.3 is 0 Å². The van der Waals surface area contributed by atoms with Crippen molar-refractivity contribution in [3.63, 3.8) is 0 Å². The number of aromatic nitrogens is 1. The molecule has 0 radical (unpaired) electrons. The van der Waals surface area contributed by atoms with Crippen LogP contribution in [0.5, 0.6) is 0 Å². The Labute approximate surface area is 99.2 Å². The summed E-state index contributed by atoms with van der Waals surface area (Å²) in [6.45, 7) is 4.03. The fourth-order valence-electron chi connectivity index (χ4n) is 1.45. The van der Waals surface area contributed by atoms with Gasteiger partial charge in [0.15, 0.2) is 0 Å². The smallest absolute Gasteiger partial charge is 0.146 e. The lowest BCUT2D eigenvalue weighted by Crippen LogP contribution is -2.16. The van der Waals surface area contributed by atoms with Gasteiger partial charge in [-0.15, -0.1) is 0 Å². The summed E-state index contributed by atoms with van der Waals surface area (Å²) in [6, 6.07) is 2.07. The van der Waals surface area contributed by atoms with Gasteiger partial charge in [-0.25, -0.2) is 0 Å². The van der Waals surface area contributed by atoms with Crippen LogP contribution in [0.4, 0.5) is 0 Å². The molecule has 1 rings (SSSR count). The lowest BCUT2D eigenvalue weighted by atomic mass is 10.1. The van der Waals surface area contributed by atoms with Gasteiger partial charge in [0.1, 0.15) is 5.78 Å². The van der Waals surface area contributed by atoms with Crippen LogP contribution in [0.25, 0.3) is 0 Å². The van der Waals surface area contributed by atoms with Gasteiger partial charge in [-0.05, 0) is 30.9 Å². The van der Waals surface area contributed by atoms with Crippen molar-refractivity contribution in [3.8, 4) is 0 Å². The van der Waals surface area contributed by atoms with Gasteiger partial charge in [0.2, 0.25) is 0 Å². The Balaban J connectivity index is 2.58. The SMILES string of the molecule is CCCC(=O)C(Br)Cc1cncc(C)c1. The van der Waals surface area contributed by atoms with Gasteiger partial charge in [-0.2, -0.15) is 0 Å². The number of hydrogen-bond acceptors (Lipinski definition) is 2. The van der Waals surface area contributed by atoms with Crippen molar-refractivity contribution < 1.29 is 4.79 Å². The first-order valence-electron chi connectivity index (χ1n) is 5.20. The van der Waals surface area contributed by atoms with E-state index < -0.39 is 0 Å². The van der Waals surface area contributed by atoms with Crippen LogP contribution < -0.4 is 0 Å². The van der Waals surface area contributed by atoms with Gasteiger partial charge in [-0.1, -0.05) is 28.9 Å². The normalized spacial score (nSPS) is 12.5. The maximum Gasteiger partial charge on any atom is 0.146 e. The molecule has 0 saturated heterocycles. The molecule has 0 bridgehead atoms. The van der Waals surface area contributed by atoms with E-state index in [2.05, 4.69) is 27.0 Å². The standard InChI is InChI=1S/C12H16BrNO/c1-3-4-12(15)11(13)6-10-5-9(2)7-14-8-10/h5,7-8,11H,3-4,6H2,1-2H3. The highest BCUT2D eigenvalue weighted by Gasteiger charge is 2.14. The lowest BCUT2D eigenvalue weighted by molar-refractivity contribution is -0.118. The average molecular weight is 270 g/mol. The Hall–Kier alpha value is -0.700. The van der Waals surface area contributed by atoms with E-state index in [4.69, 9.17) is 0 Å². The van der Waals surface area contributed by atoms with Gasteiger partial charge in [0, 0.05) is 18.8 Å². The van der Waals surface area contributed by atoms with Crippen molar-refractivity contribution >= 4 is 21.7 Å². The zero-order valence-electron chi connectivity index (χ0n) is 9.16. The van der Waals surface area contributed by atoms with E-state index in [1.54, 1.807) is 0 Å². The number of aryl methyl sites for hydroxylation is 1. The molecule has 1 aromatic heterocycles. The second-order valence-electron chi connectivity index (χ2n) is 3.76. The van der Waals surface area contributed by atoms with Crippen LogP contribution >= 0.6 is 15.9 Å². The van der Waals surface area contributed by atoms with E-state index >= 15 is 0 Å².